The molecular formula is C18H17N3O5S3. The van der Waals surface area contributed by atoms with Crippen molar-refractivity contribution in [2.45, 2.75) is 11.5 Å². The van der Waals surface area contributed by atoms with Crippen LogP contribution in [0.5, 0.6) is 0 Å². The first-order valence-corrected chi connectivity index (χ1v) is 12.2. The highest BCUT2D eigenvalue weighted by molar-refractivity contribution is 7.99. The van der Waals surface area contributed by atoms with E-state index in [1.165, 1.54) is 10.4 Å². The van der Waals surface area contributed by atoms with E-state index in [-0.39, 0.29) is 22.3 Å². The van der Waals surface area contributed by atoms with Crippen LogP contribution < -0.4 is 0 Å². The average Bonchev–Trinajstić information content (AvgIpc) is 3.43. The van der Waals surface area contributed by atoms with Crippen LogP contribution in [0.3, 0.4) is 0 Å². The normalized spacial score (nSPS) is 15.3. The van der Waals surface area contributed by atoms with Crippen LogP contribution in [-0.2, 0) is 21.4 Å². The van der Waals surface area contributed by atoms with Crippen molar-refractivity contribution in [3.05, 3.63) is 52.5 Å². The van der Waals surface area contributed by atoms with Crippen molar-refractivity contribution >= 4 is 39.1 Å². The van der Waals surface area contributed by atoms with Gasteiger partial charge in [-0.1, -0.05) is 18.2 Å². The van der Waals surface area contributed by atoms with E-state index in [9.17, 15) is 13.2 Å². The molecule has 0 N–H and O–H groups in total. The number of nitrogens with zero attached hydrogens (tertiary/aromatic N) is 3. The lowest BCUT2D eigenvalue weighted by Gasteiger charge is -2.25. The van der Waals surface area contributed by atoms with Gasteiger partial charge in [0.05, 0.1) is 0 Å². The Hall–Kier alpha value is -2.21. The first-order valence-electron chi connectivity index (χ1n) is 8.76. The molecule has 29 heavy (non-hydrogen) atoms. The van der Waals surface area contributed by atoms with E-state index in [2.05, 4.69) is 10.2 Å². The molecule has 11 heteroatoms. The van der Waals surface area contributed by atoms with Crippen LogP contribution in [0.1, 0.15) is 15.6 Å². The number of hydrogen-bond acceptors (Lipinski definition) is 9. The zero-order valence-electron chi connectivity index (χ0n) is 15.2. The molecule has 4 rings (SSSR count). The number of sulfonamides is 1. The minimum Gasteiger partial charge on any atom is -0.451 e. The average molecular weight is 452 g/mol. The second-order valence-corrected chi connectivity index (χ2v) is 10.1. The second-order valence-electron chi connectivity index (χ2n) is 6.07. The van der Waals surface area contributed by atoms with Crippen LogP contribution in [0.15, 0.2) is 51.1 Å². The number of rotatable bonds is 6. The molecule has 1 saturated heterocycles. The van der Waals surface area contributed by atoms with Crippen molar-refractivity contribution in [2.75, 3.05) is 24.6 Å². The first kappa shape index (κ1) is 20.1. The number of esters is 1. The summed E-state index contributed by atoms with van der Waals surface area (Å²) in [5.41, 5.74) is 0.754. The Morgan fingerprint density at radius 3 is 2.66 bits per heavy atom. The molecule has 0 amide bonds. The van der Waals surface area contributed by atoms with Crippen LogP contribution in [0, 0.1) is 0 Å². The molecule has 0 spiro atoms. The van der Waals surface area contributed by atoms with Gasteiger partial charge < -0.3 is 9.15 Å². The van der Waals surface area contributed by atoms with Crippen molar-refractivity contribution in [1.29, 1.82) is 0 Å². The van der Waals surface area contributed by atoms with Crippen LogP contribution in [0.2, 0.25) is 0 Å². The molecule has 0 radical (unpaired) electrons. The Balaban J connectivity index is 1.45. The summed E-state index contributed by atoms with van der Waals surface area (Å²) < 4.78 is 37.9. The summed E-state index contributed by atoms with van der Waals surface area (Å²) in [4.78, 5) is 12.5. The molecule has 0 unspecified atom stereocenters. The van der Waals surface area contributed by atoms with Crippen molar-refractivity contribution < 1.29 is 22.4 Å². The molecule has 1 aliphatic heterocycles. The van der Waals surface area contributed by atoms with Crippen molar-refractivity contribution in [3.63, 3.8) is 0 Å². The third-order valence-corrected chi connectivity index (χ3v) is 8.12. The van der Waals surface area contributed by atoms with Gasteiger partial charge in [0.25, 0.3) is 5.89 Å². The Morgan fingerprint density at radius 2 is 1.90 bits per heavy atom. The number of aromatic nitrogens is 2. The maximum atomic E-state index is 12.9. The number of hydrogen-bond donors (Lipinski definition) is 0. The van der Waals surface area contributed by atoms with Gasteiger partial charge in [-0.2, -0.15) is 16.1 Å². The van der Waals surface area contributed by atoms with Gasteiger partial charge >= 0.3 is 5.97 Å². The van der Waals surface area contributed by atoms with Gasteiger partial charge in [0, 0.05) is 30.2 Å². The molecule has 152 valence electrons. The molecule has 0 aliphatic carbocycles. The van der Waals surface area contributed by atoms with Gasteiger partial charge in [0.1, 0.15) is 9.77 Å². The predicted octanol–water partition coefficient (Wildman–Crippen LogP) is 2.89. The second kappa shape index (κ2) is 8.66. The lowest BCUT2D eigenvalue weighted by atomic mass is 10.2. The standard InChI is InChI=1S/C18H17N3O5S3/c22-18(25-12-15-19-20-17(26-15)13-4-2-1-3-5-13)16-14(6-9-28-16)29(23,24)21-7-10-27-11-8-21/h1-6,9H,7-8,10-12H2. The van der Waals surface area contributed by atoms with E-state index in [0.717, 1.165) is 28.4 Å². The van der Waals surface area contributed by atoms with E-state index in [1.807, 2.05) is 30.3 Å². The summed E-state index contributed by atoms with van der Waals surface area (Å²) in [6, 6.07) is 10.7. The molecule has 1 fully saturated rings. The van der Waals surface area contributed by atoms with Gasteiger partial charge in [-0.15, -0.1) is 21.5 Å². The maximum Gasteiger partial charge on any atom is 0.350 e. The summed E-state index contributed by atoms with van der Waals surface area (Å²) in [6.45, 7) is 0.625. The lowest BCUT2D eigenvalue weighted by Crippen LogP contribution is -2.38. The fourth-order valence-electron chi connectivity index (χ4n) is 2.78. The number of thioether (sulfide) groups is 1. The lowest BCUT2D eigenvalue weighted by molar-refractivity contribution is 0.0440. The zero-order valence-corrected chi connectivity index (χ0v) is 17.6. The highest BCUT2D eigenvalue weighted by atomic mass is 32.2. The van der Waals surface area contributed by atoms with Crippen molar-refractivity contribution in [2.24, 2.45) is 0 Å². The van der Waals surface area contributed by atoms with E-state index in [1.54, 1.807) is 17.1 Å². The minimum atomic E-state index is -3.73. The summed E-state index contributed by atoms with van der Waals surface area (Å²) in [6.07, 6.45) is 0. The molecule has 8 nitrogen and oxygen atoms in total. The van der Waals surface area contributed by atoms with Gasteiger partial charge in [-0.05, 0) is 23.6 Å². The van der Waals surface area contributed by atoms with Crippen LogP contribution in [0.4, 0.5) is 0 Å². The summed E-state index contributed by atoms with van der Waals surface area (Å²) in [5, 5.41) is 9.38. The number of thiophene rings is 1. The van der Waals surface area contributed by atoms with Crippen LogP contribution in [-0.4, -0.2) is 53.5 Å². The van der Waals surface area contributed by atoms with E-state index in [4.69, 9.17) is 9.15 Å². The van der Waals surface area contributed by atoms with Gasteiger partial charge in [-0.25, -0.2) is 13.2 Å². The molecule has 0 bridgehead atoms. The fraction of sp³-hybridized carbons (Fsp3) is 0.278. The third-order valence-electron chi connectivity index (χ3n) is 4.22. The predicted molar refractivity (Wildman–Crippen MR) is 109 cm³/mol. The quantitative estimate of drug-likeness (QED) is 0.527. The third kappa shape index (κ3) is 4.37. The Morgan fingerprint density at radius 1 is 1.14 bits per heavy atom. The van der Waals surface area contributed by atoms with E-state index in [0.29, 0.717) is 19.0 Å². The minimum absolute atomic E-state index is 0.0186. The Kier molecular flexibility index (Phi) is 5.99. The number of carbonyl (C=O) groups is 1. The monoisotopic (exact) mass is 451 g/mol. The van der Waals surface area contributed by atoms with Crippen LogP contribution in [0.25, 0.3) is 11.5 Å². The summed E-state index contributed by atoms with van der Waals surface area (Å²) in [5.74, 6) is 1.20. The van der Waals surface area contributed by atoms with Gasteiger partial charge in [0.15, 0.2) is 6.61 Å². The van der Waals surface area contributed by atoms with Gasteiger partial charge in [-0.3, -0.25) is 0 Å². The SMILES string of the molecule is O=C(OCc1nnc(-c2ccccc2)o1)c1sccc1S(=O)(=O)N1CCSCC1. The number of ether oxygens (including phenoxy) is 1. The highest BCUT2D eigenvalue weighted by Crippen LogP contribution is 2.28. The molecule has 1 aromatic carbocycles. The topological polar surface area (TPSA) is 103 Å². The first-order chi connectivity index (χ1) is 14.1. The Bertz CT molecular complexity index is 1090. The number of benzene rings is 1. The fourth-order valence-corrected chi connectivity index (χ4v) is 6.64. The molecule has 3 heterocycles. The number of carbonyl (C=O) groups excluding carboxylic acids is 1. The summed E-state index contributed by atoms with van der Waals surface area (Å²) >= 11 is 2.74. The molecule has 3 aromatic rings. The smallest absolute Gasteiger partial charge is 0.350 e. The van der Waals surface area contributed by atoms with E-state index < -0.39 is 16.0 Å². The largest absolute Gasteiger partial charge is 0.451 e. The summed E-state index contributed by atoms with van der Waals surface area (Å²) in [7, 11) is -3.73. The zero-order chi connectivity index (χ0) is 20.3. The molecule has 0 saturated carbocycles. The Labute approximate surface area is 175 Å². The maximum absolute atomic E-state index is 12.9. The van der Waals surface area contributed by atoms with Crippen molar-refractivity contribution in [3.8, 4) is 11.5 Å². The molecule has 2 aromatic heterocycles. The van der Waals surface area contributed by atoms with Crippen LogP contribution >= 0.6 is 23.1 Å². The van der Waals surface area contributed by atoms with Gasteiger partial charge in [0.2, 0.25) is 15.9 Å². The highest BCUT2D eigenvalue weighted by Gasteiger charge is 2.31. The van der Waals surface area contributed by atoms with E-state index >= 15 is 0 Å². The molecule has 1 aliphatic rings. The van der Waals surface area contributed by atoms with Crippen molar-refractivity contribution in [1.82, 2.24) is 14.5 Å². The molecular weight excluding hydrogens is 434 g/mol. The molecule has 0 atom stereocenters.